The van der Waals surface area contributed by atoms with Crippen molar-refractivity contribution in [3.63, 3.8) is 0 Å². The molecule has 3 amide bonds. The van der Waals surface area contributed by atoms with Crippen LogP contribution in [0.2, 0.25) is 0 Å². The minimum atomic E-state index is -0.505. The number of ketones is 1. The largest absolute Gasteiger partial charge is 0.494 e. The van der Waals surface area contributed by atoms with Crippen molar-refractivity contribution in [1.29, 1.82) is 0 Å². The van der Waals surface area contributed by atoms with Crippen LogP contribution >= 0.6 is 0 Å². The highest BCUT2D eigenvalue weighted by Crippen LogP contribution is 2.23. The number of imide groups is 1. The average molecular weight is 411 g/mol. The van der Waals surface area contributed by atoms with Crippen molar-refractivity contribution in [2.24, 2.45) is 0 Å². The molecule has 0 aliphatic carbocycles. The third-order valence-corrected chi connectivity index (χ3v) is 4.31. The second kappa shape index (κ2) is 11.8. The van der Waals surface area contributed by atoms with Gasteiger partial charge in [-0.05, 0) is 66.8 Å². The van der Waals surface area contributed by atoms with Crippen molar-refractivity contribution in [1.82, 2.24) is 10.6 Å². The molecule has 2 aromatic rings. The molecule has 2 aromatic carbocycles. The molecule has 0 aromatic heterocycles. The molecule has 0 radical (unpaired) electrons. The molecule has 30 heavy (non-hydrogen) atoms. The monoisotopic (exact) mass is 410 g/mol. The summed E-state index contributed by atoms with van der Waals surface area (Å²) in [6, 6.07) is 11.1. The van der Waals surface area contributed by atoms with E-state index >= 15 is 0 Å². The smallest absolute Gasteiger partial charge is 0.326 e. The molecule has 2 N–H and O–H groups in total. The zero-order valence-corrected chi connectivity index (χ0v) is 17.9. The zero-order chi connectivity index (χ0) is 21.9. The Labute approximate surface area is 177 Å². The molecule has 0 spiro atoms. The Hall–Kier alpha value is -3.15. The summed E-state index contributed by atoms with van der Waals surface area (Å²) in [7, 11) is 0. The first-order valence-corrected chi connectivity index (χ1v) is 10.4. The molecular weight excluding hydrogens is 380 g/mol. The molecule has 1 saturated heterocycles. The molecule has 3 rings (SSSR count). The van der Waals surface area contributed by atoms with E-state index in [0.717, 1.165) is 41.3 Å². The number of fused-ring (bicyclic) bond motifs is 1. The summed E-state index contributed by atoms with van der Waals surface area (Å²) in [6.45, 7) is 6.49. The van der Waals surface area contributed by atoms with Gasteiger partial charge in [-0.2, -0.15) is 0 Å². The fourth-order valence-electron chi connectivity index (χ4n) is 2.91. The lowest BCUT2D eigenvalue weighted by atomic mass is 10.1. The van der Waals surface area contributed by atoms with Gasteiger partial charge in [0.05, 0.1) is 6.61 Å². The number of nitrogens with one attached hydrogen (secondary N) is 2. The Morgan fingerprint density at radius 3 is 2.33 bits per heavy atom. The van der Waals surface area contributed by atoms with Crippen LogP contribution in [0.25, 0.3) is 16.8 Å². The molecular formula is C24H30N2O4. The van der Waals surface area contributed by atoms with Crippen LogP contribution in [0.15, 0.2) is 42.1 Å². The maximum absolute atomic E-state index is 11.6. The lowest BCUT2D eigenvalue weighted by Gasteiger charge is -2.08. The van der Waals surface area contributed by atoms with Gasteiger partial charge in [0.2, 0.25) is 0 Å². The van der Waals surface area contributed by atoms with E-state index in [1.165, 1.54) is 6.42 Å². The van der Waals surface area contributed by atoms with E-state index in [0.29, 0.717) is 13.0 Å². The first-order valence-electron chi connectivity index (χ1n) is 10.4. The minimum Gasteiger partial charge on any atom is -0.494 e. The molecule has 160 valence electrons. The number of benzene rings is 2. The molecule has 6 nitrogen and oxygen atoms in total. The molecule has 0 unspecified atom stereocenters. The summed E-state index contributed by atoms with van der Waals surface area (Å²) in [6.07, 6.45) is 6.35. The fraction of sp³-hybridized carbons (Fsp3) is 0.375. The third-order valence-electron chi connectivity index (χ3n) is 4.31. The predicted octanol–water partition coefficient (Wildman–Crippen LogP) is 4.96. The Balaban J connectivity index is 0.00000101. The Kier molecular flexibility index (Phi) is 9.06. The van der Waals surface area contributed by atoms with Crippen LogP contribution in [0.5, 0.6) is 5.75 Å². The van der Waals surface area contributed by atoms with Crippen molar-refractivity contribution < 1.29 is 19.1 Å². The van der Waals surface area contributed by atoms with Crippen LogP contribution < -0.4 is 15.4 Å². The predicted molar refractivity (Wildman–Crippen MR) is 119 cm³/mol. The molecule has 6 heteroatoms. The van der Waals surface area contributed by atoms with Crippen LogP contribution in [0.1, 0.15) is 58.4 Å². The van der Waals surface area contributed by atoms with Crippen LogP contribution in [-0.2, 0) is 9.59 Å². The number of hydrogen-bond acceptors (Lipinski definition) is 4. The number of carbonyl (C=O) groups excluding carboxylic acids is 3. The second-order valence-electron chi connectivity index (χ2n) is 7.30. The molecule has 1 aliphatic rings. The number of urea groups is 1. The summed E-state index contributed by atoms with van der Waals surface area (Å²) >= 11 is 0. The number of amides is 3. The van der Waals surface area contributed by atoms with Crippen LogP contribution in [0.3, 0.4) is 0 Å². The van der Waals surface area contributed by atoms with Crippen LogP contribution in [0, 0.1) is 0 Å². The van der Waals surface area contributed by atoms with Gasteiger partial charge in [0, 0.05) is 6.42 Å². The highest BCUT2D eigenvalue weighted by atomic mass is 16.5. The first kappa shape index (κ1) is 23.1. The number of carbonyl (C=O) groups is 3. The standard InChI is InChI=1S/C21H22N2O4.C3H8/c1-14(24)5-3-2-4-10-27-18-9-8-16-11-15(6-7-17(16)13-18)12-19-20(25)23-21(26)22-19;1-3-2/h6-9,11-13H,2-5,10H2,1H3,(H2,22,23,25,26);3H2,1-2H3/b19-12-;. The summed E-state index contributed by atoms with van der Waals surface area (Å²) < 4.78 is 5.79. The van der Waals surface area contributed by atoms with Gasteiger partial charge in [-0.3, -0.25) is 10.1 Å². The fourth-order valence-corrected chi connectivity index (χ4v) is 2.91. The highest BCUT2D eigenvalue weighted by Gasteiger charge is 2.22. The van der Waals surface area contributed by atoms with E-state index in [4.69, 9.17) is 4.74 Å². The van der Waals surface area contributed by atoms with E-state index < -0.39 is 11.9 Å². The maximum Gasteiger partial charge on any atom is 0.326 e. The number of hydrogen-bond donors (Lipinski definition) is 2. The van der Waals surface area contributed by atoms with E-state index in [2.05, 4.69) is 24.5 Å². The number of ether oxygens (including phenoxy) is 1. The van der Waals surface area contributed by atoms with E-state index in [1.54, 1.807) is 13.0 Å². The van der Waals surface area contributed by atoms with Crippen molar-refractivity contribution in [2.45, 2.75) is 52.9 Å². The highest BCUT2D eigenvalue weighted by molar-refractivity contribution is 6.14. The summed E-state index contributed by atoms with van der Waals surface area (Å²) in [4.78, 5) is 33.7. The minimum absolute atomic E-state index is 0.233. The third kappa shape index (κ3) is 7.35. The lowest BCUT2D eigenvalue weighted by molar-refractivity contribution is -0.117. The van der Waals surface area contributed by atoms with E-state index in [-0.39, 0.29) is 11.5 Å². The maximum atomic E-state index is 11.6. The molecule has 0 atom stereocenters. The lowest BCUT2D eigenvalue weighted by Crippen LogP contribution is -2.22. The van der Waals surface area contributed by atoms with Gasteiger partial charge in [0.1, 0.15) is 17.2 Å². The normalized spacial score (nSPS) is 14.2. The van der Waals surface area contributed by atoms with Crippen LogP contribution in [0.4, 0.5) is 4.79 Å². The summed E-state index contributed by atoms with van der Waals surface area (Å²) in [5.74, 6) is 0.617. The van der Waals surface area contributed by atoms with Gasteiger partial charge in [0.15, 0.2) is 0 Å². The molecule has 0 bridgehead atoms. The topological polar surface area (TPSA) is 84.5 Å². The first-order chi connectivity index (χ1) is 14.4. The van der Waals surface area contributed by atoms with Crippen molar-refractivity contribution in [3.8, 4) is 5.75 Å². The molecule has 0 saturated carbocycles. The number of unbranched alkanes of at least 4 members (excludes halogenated alkanes) is 2. The zero-order valence-electron chi connectivity index (χ0n) is 17.9. The van der Waals surface area contributed by atoms with Crippen molar-refractivity contribution in [2.75, 3.05) is 6.61 Å². The van der Waals surface area contributed by atoms with Gasteiger partial charge in [-0.15, -0.1) is 0 Å². The molecule has 1 heterocycles. The van der Waals surface area contributed by atoms with Crippen LogP contribution in [-0.4, -0.2) is 24.3 Å². The molecule has 1 aliphatic heterocycles. The van der Waals surface area contributed by atoms with E-state index in [1.807, 2.05) is 36.4 Å². The van der Waals surface area contributed by atoms with Gasteiger partial charge in [-0.25, -0.2) is 4.79 Å². The SMILES string of the molecule is CC(=O)CCCCCOc1ccc2cc(/C=C3\NC(=O)NC3=O)ccc2c1.CCC. The molecule has 1 fully saturated rings. The van der Waals surface area contributed by atoms with E-state index in [9.17, 15) is 14.4 Å². The van der Waals surface area contributed by atoms with Gasteiger partial charge < -0.3 is 14.8 Å². The second-order valence-corrected chi connectivity index (χ2v) is 7.30. The van der Waals surface area contributed by atoms with Gasteiger partial charge in [-0.1, -0.05) is 38.5 Å². The number of rotatable bonds is 8. The summed E-state index contributed by atoms with van der Waals surface area (Å²) in [5.41, 5.74) is 1.07. The Morgan fingerprint density at radius 1 is 0.967 bits per heavy atom. The quantitative estimate of drug-likeness (QED) is 0.366. The van der Waals surface area contributed by atoms with Gasteiger partial charge in [0.25, 0.3) is 5.91 Å². The van der Waals surface area contributed by atoms with Crippen molar-refractivity contribution in [3.05, 3.63) is 47.7 Å². The Morgan fingerprint density at radius 2 is 1.67 bits per heavy atom. The van der Waals surface area contributed by atoms with Gasteiger partial charge >= 0.3 is 6.03 Å². The Bertz CT molecular complexity index is 934. The summed E-state index contributed by atoms with van der Waals surface area (Å²) in [5, 5.41) is 6.70. The van der Waals surface area contributed by atoms with Crippen molar-refractivity contribution >= 4 is 34.6 Å². The average Bonchev–Trinajstić information content (AvgIpc) is 3.01. The number of Topliss-reactive ketones (excluding diaryl/α,β-unsaturated/α-hetero) is 1.